The molecule has 162 valence electrons. The van der Waals surface area contributed by atoms with Crippen molar-refractivity contribution in [3.63, 3.8) is 0 Å². The lowest BCUT2D eigenvalue weighted by molar-refractivity contribution is -0.131. The van der Waals surface area contributed by atoms with Crippen LogP contribution in [0, 0.1) is 11.8 Å². The van der Waals surface area contributed by atoms with Crippen molar-refractivity contribution in [2.75, 3.05) is 0 Å². The Bertz CT molecular complexity index is 1340. The van der Waals surface area contributed by atoms with Gasteiger partial charge < -0.3 is 5.32 Å². The van der Waals surface area contributed by atoms with Gasteiger partial charge in [-0.3, -0.25) is 14.8 Å². The summed E-state index contributed by atoms with van der Waals surface area (Å²) in [6.07, 6.45) is 0.240. The molecule has 5 nitrogen and oxygen atoms in total. The van der Waals surface area contributed by atoms with Crippen LogP contribution in [0.5, 0.6) is 0 Å². The van der Waals surface area contributed by atoms with Gasteiger partial charge in [0.1, 0.15) is 6.04 Å². The predicted molar refractivity (Wildman–Crippen MR) is 128 cm³/mol. The highest BCUT2D eigenvalue weighted by Gasteiger charge is 2.21. The Morgan fingerprint density at radius 3 is 2.09 bits per heavy atom. The van der Waals surface area contributed by atoms with Crippen molar-refractivity contribution in [1.82, 2.24) is 10.8 Å². The summed E-state index contributed by atoms with van der Waals surface area (Å²) in [5, 5.41) is 14.0. The van der Waals surface area contributed by atoms with Gasteiger partial charge in [0, 0.05) is 23.1 Å². The third-order valence-electron chi connectivity index (χ3n) is 5.26. The van der Waals surface area contributed by atoms with E-state index in [0.717, 1.165) is 27.5 Å². The quantitative estimate of drug-likeness (QED) is 0.252. The van der Waals surface area contributed by atoms with Crippen LogP contribution >= 0.6 is 0 Å². The van der Waals surface area contributed by atoms with Gasteiger partial charge in [-0.15, -0.1) is 0 Å². The van der Waals surface area contributed by atoms with Crippen molar-refractivity contribution >= 4 is 22.6 Å². The first-order valence-corrected chi connectivity index (χ1v) is 10.5. The smallest absolute Gasteiger partial charge is 0.266 e. The van der Waals surface area contributed by atoms with Crippen LogP contribution in [0.3, 0.4) is 0 Å². The van der Waals surface area contributed by atoms with Crippen LogP contribution in [-0.2, 0) is 11.2 Å². The molecule has 0 saturated heterocycles. The number of benzene rings is 4. The standard InChI is InChI=1S/C28H22N2O3/c31-27(24-16-12-21(13-17-24)11-10-20-6-2-1-3-7-20)29-26(28(32)30-33)19-22-14-15-23-8-4-5-9-25(23)18-22/h1-9,12-18,26,33H,19H2,(H,29,31)(H,30,32). The third kappa shape index (κ3) is 5.65. The highest BCUT2D eigenvalue weighted by Crippen LogP contribution is 2.17. The van der Waals surface area contributed by atoms with E-state index >= 15 is 0 Å². The Hall–Kier alpha value is -4.40. The fourth-order valence-corrected chi connectivity index (χ4v) is 3.50. The first-order chi connectivity index (χ1) is 16.1. The monoisotopic (exact) mass is 434 g/mol. The Balaban J connectivity index is 1.46. The molecular weight excluding hydrogens is 412 g/mol. The molecule has 0 aliphatic carbocycles. The second-order valence-corrected chi connectivity index (χ2v) is 7.58. The molecule has 4 rings (SSSR count). The summed E-state index contributed by atoms with van der Waals surface area (Å²) in [6, 6.07) is 29.3. The molecule has 0 radical (unpaired) electrons. The van der Waals surface area contributed by atoms with E-state index in [4.69, 9.17) is 5.21 Å². The molecule has 4 aromatic rings. The molecule has 4 aromatic carbocycles. The van der Waals surface area contributed by atoms with Crippen LogP contribution in [0.1, 0.15) is 27.0 Å². The summed E-state index contributed by atoms with van der Waals surface area (Å²) >= 11 is 0. The number of rotatable bonds is 5. The van der Waals surface area contributed by atoms with Gasteiger partial charge >= 0.3 is 0 Å². The van der Waals surface area contributed by atoms with E-state index in [9.17, 15) is 9.59 Å². The molecule has 0 aliphatic heterocycles. The molecule has 0 saturated carbocycles. The zero-order valence-electron chi connectivity index (χ0n) is 17.8. The highest BCUT2D eigenvalue weighted by atomic mass is 16.5. The molecule has 33 heavy (non-hydrogen) atoms. The Kier molecular flexibility index (Phi) is 6.79. The Morgan fingerprint density at radius 2 is 1.39 bits per heavy atom. The van der Waals surface area contributed by atoms with E-state index in [1.54, 1.807) is 29.7 Å². The zero-order valence-corrected chi connectivity index (χ0v) is 17.8. The summed E-state index contributed by atoms with van der Waals surface area (Å²) in [7, 11) is 0. The van der Waals surface area contributed by atoms with Gasteiger partial charge in [-0.2, -0.15) is 0 Å². The van der Waals surface area contributed by atoms with E-state index in [0.29, 0.717) is 5.56 Å². The molecule has 1 unspecified atom stereocenters. The normalized spacial score (nSPS) is 11.2. The van der Waals surface area contributed by atoms with Crippen molar-refractivity contribution in [3.05, 3.63) is 119 Å². The number of fused-ring (bicyclic) bond motifs is 1. The van der Waals surface area contributed by atoms with Gasteiger partial charge in [-0.1, -0.05) is 72.5 Å². The lowest BCUT2D eigenvalue weighted by atomic mass is 10.0. The molecule has 0 fully saturated rings. The second kappa shape index (κ2) is 10.3. The van der Waals surface area contributed by atoms with Crippen LogP contribution in [0.2, 0.25) is 0 Å². The van der Waals surface area contributed by atoms with E-state index in [1.807, 2.05) is 72.8 Å². The molecule has 1 atom stereocenters. The number of hydrogen-bond donors (Lipinski definition) is 3. The largest absolute Gasteiger partial charge is 0.340 e. The number of hydroxylamine groups is 1. The molecule has 0 spiro atoms. The Morgan fingerprint density at radius 1 is 0.758 bits per heavy atom. The molecule has 0 bridgehead atoms. The lowest BCUT2D eigenvalue weighted by Gasteiger charge is -2.17. The molecule has 3 N–H and O–H groups in total. The van der Waals surface area contributed by atoms with Gasteiger partial charge in [0.15, 0.2) is 0 Å². The van der Waals surface area contributed by atoms with Gasteiger partial charge in [0.2, 0.25) is 0 Å². The average molecular weight is 434 g/mol. The van der Waals surface area contributed by atoms with Crippen LogP contribution in [-0.4, -0.2) is 23.1 Å². The molecule has 0 heterocycles. The molecule has 5 heteroatoms. The number of nitrogens with one attached hydrogen (secondary N) is 2. The number of hydrogen-bond acceptors (Lipinski definition) is 3. The number of amides is 2. The number of carbonyl (C=O) groups excluding carboxylic acids is 2. The number of carbonyl (C=O) groups is 2. The van der Waals surface area contributed by atoms with Crippen LogP contribution in [0.15, 0.2) is 97.1 Å². The first kappa shape index (κ1) is 21.8. The fraction of sp³-hybridized carbons (Fsp3) is 0.0714. The Labute approximate surface area is 192 Å². The van der Waals surface area contributed by atoms with Crippen molar-refractivity contribution in [3.8, 4) is 11.8 Å². The maximum absolute atomic E-state index is 12.8. The first-order valence-electron chi connectivity index (χ1n) is 10.5. The van der Waals surface area contributed by atoms with Gasteiger partial charge in [-0.05, 0) is 52.7 Å². The average Bonchev–Trinajstić information content (AvgIpc) is 2.87. The maximum atomic E-state index is 12.8. The molecule has 2 amide bonds. The minimum absolute atomic E-state index is 0.240. The van der Waals surface area contributed by atoms with Crippen LogP contribution < -0.4 is 10.8 Å². The molecule has 0 aromatic heterocycles. The SMILES string of the molecule is O=C(NC(Cc1ccc2ccccc2c1)C(=O)NO)c1ccc(C#Cc2ccccc2)cc1. The van der Waals surface area contributed by atoms with Gasteiger partial charge in [0.25, 0.3) is 11.8 Å². The summed E-state index contributed by atoms with van der Waals surface area (Å²) in [4.78, 5) is 25.0. The minimum atomic E-state index is -0.929. The molecular formula is C28H22N2O3. The minimum Gasteiger partial charge on any atom is -0.340 e. The van der Waals surface area contributed by atoms with Crippen molar-refractivity contribution in [1.29, 1.82) is 0 Å². The van der Waals surface area contributed by atoms with Crippen molar-refractivity contribution < 1.29 is 14.8 Å². The second-order valence-electron chi connectivity index (χ2n) is 7.58. The van der Waals surface area contributed by atoms with E-state index < -0.39 is 17.9 Å². The predicted octanol–water partition coefficient (Wildman–Crippen LogP) is 4.09. The third-order valence-corrected chi connectivity index (χ3v) is 5.26. The van der Waals surface area contributed by atoms with E-state index in [1.165, 1.54) is 0 Å². The molecule has 0 aliphatic rings. The fourth-order valence-electron chi connectivity index (χ4n) is 3.50. The van der Waals surface area contributed by atoms with Crippen molar-refractivity contribution in [2.24, 2.45) is 0 Å². The topological polar surface area (TPSA) is 78.4 Å². The van der Waals surface area contributed by atoms with E-state index in [-0.39, 0.29) is 6.42 Å². The lowest BCUT2D eigenvalue weighted by Crippen LogP contribution is -2.47. The summed E-state index contributed by atoms with van der Waals surface area (Å²) < 4.78 is 0. The summed E-state index contributed by atoms with van der Waals surface area (Å²) in [6.45, 7) is 0. The van der Waals surface area contributed by atoms with Crippen LogP contribution in [0.4, 0.5) is 0 Å². The van der Waals surface area contributed by atoms with E-state index in [2.05, 4.69) is 17.2 Å². The van der Waals surface area contributed by atoms with Gasteiger partial charge in [0.05, 0.1) is 0 Å². The highest BCUT2D eigenvalue weighted by molar-refractivity contribution is 5.97. The van der Waals surface area contributed by atoms with Crippen LogP contribution in [0.25, 0.3) is 10.8 Å². The van der Waals surface area contributed by atoms with Gasteiger partial charge in [-0.25, -0.2) is 5.48 Å². The summed E-state index contributed by atoms with van der Waals surface area (Å²) in [5.74, 6) is 5.05. The van der Waals surface area contributed by atoms with Crippen molar-refractivity contribution in [2.45, 2.75) is 12.5 Å². The zero-order chi connectivity index (χ0) is 23.0. The summed E-state index contributed by atoms with van der Waals surface area (Å²) in [5.41, 5.74) is 4.60. The maximum Gasteiger partial charge on any atom is 0.266 e.